The Bertz CT molecular complexity index is 695. The quantitative estimate of drug-likeness (QED) is 0.856. The SMILES string of the molecule is N#CC1(n2cc([C@H](CC3CCCCC3)NC(=O)N3CCOCC3)nn2)CC1. The summed E-state index contributed by atoms with van der Waals surface area (Å²) in [7, 11) is 0. The van der Waals surface area contributed by atoms with Gasteiger partial charge >= 0.3 is 6.03 Å². The van der Waals surface area contributed by atoms with E-state index in [9.17, 15) is 10.1 Å². The van der Waals surface area contributed by atoms with Crippen molar-refractivity contribution >= 4 is 6.03 Å². The topological polar surface area (TPSA) is 96.1 Å². The van der Waals surface area contributed by atoms with E-state index in [1.807, 2.05) is 6.20 Å². The van der Waals surface area contributed by atoms with E-state index in [1.54, 1.807) is 9.58 Å². The molecule has 27 heavy (non-hydrogen) atoms. The highest BCUT2D eigenvalue weighted by Crippen LogP contribution is 2.42. The molecule has 2 amide bonds. The summed E-state index contributed by atoms with van der Waals surface area (Å²) in [6, 6.07) is 2.13. The zero-order chi connectivity index (χ0) is 18.7. The number of hydrogen-bond acceptors (Lipinski definition) is 5. The predicted molar refractivity (Wildman–Crippen MR) is 97.7 cm³/mol. The average molecular weight is 372 g/mol. The lowest BCUT2D eigenvalue weighted by molar-refractivity contribution is 0.0521. The average Bonchev–Trinajstić information content (AvgIpc) is 3.36. The summed E-state index contributed by atoms with van der Waals surface area (Å²) in [5, 5.41) is 21.1. The highest BCUT2D eigenvalue weighted by atomic mass is 16.5. The van der Waals surface area contributed by atoms with Crippen LogP contribution in [-0.4, -0.2) is 52.2 Å². The van der Waals surface area contributed by atoms with Crippen LogP contribution in [0.5, 0.6) is 0 Å². The van der Waals surface area contributed by atoms with Crippen molar-refractivity contribution in [1.29, 1.82) is 5.26 Å². The third kappa shape index (κ3) is 4.08. The molecule has 2 saturated carbocycles. The molecule has 0 aromatic carbocycles. The summed E-state index contributed by atoms with van der Waals surface area (Å²) in [5.41, 5.74) is 0.248. The first-order chi connectivity index (χ1) is 13.2. The highest BCUT2D eigenvalue weighted by molar-refractivity contribution is 5.74. The lowest BCUT2D eigenvalue weighted by atomic mass is 9.84. The van der Waals surface area contributed by atoms with Gasteiger partial charge in [-0.2, -0.15) is 5.26 Å². The van der Waals surface area contributed by atoms with Crippen molar-refractivity contribution in [3.63, 3.8) is 0 Å². The zero-order valence-corrected chi connectivity index (χ0v) is 15.8. The fourth-order valence-electron chi connectivity index (χ4n) is 4.17. The van der Waals surface area contributed by atoms with Crippen LogP contribution in [0.4, 0.5) is 4.79 Å². The molecule has 146 valence electrons. The minimum Gasteiger partial charge on any atom is -0.378 e. The van der Waals surface area contributed by atoms with Crippen LogP contribution in [0.1, 0.15) is 63.1 Å². The molecule has 8 heteroatoms. The third-order valence-corrected chi connectivity index (χ3v) is 6.13. The van der Waals surface area contributed by atoms with Gasteiger partial charge in [0.05, 0.1) is 31.5 Å². The number of rotatable bonds is 5. The fraction of sp³-hybridized carbons (Fsp3) is 0.789. The third-order valence-electron chi connectivity index (χ3n) is 6.13. The molecule has 1 saturated heterocycles. The summed E-state index contributed by atoms with van der Waals surface area (Å²) < 4.78 is 7.03. The molecule has 0 bridgehead atoms. The second-order valence-electron chi connectivity index (χ2n) is 8.07. The van der Waals surface area contributed by atoms with E-state index in [0.29, 0.717) is 32.2 Å². The Morgan fingerprint density at radius 1 is 1.33 bits per heavy atom. The number of aromatic nitrogens is 3. The van der Waals surface area contributed by atoms with Gasteiger partial charge in [0, 0.05) is 13.1 Å². The lowest BCUT2D eigenvalue weighted by Crippen LogP contribution is -2.47. The van der Waals surface area contributed by atoms with Gasteiger partial charge in [0.1, 0.15) is 5.69 Å². The molecular formula is C19H28N6O2. The van der Waals surface area contributed by atoms with Crippen molar-refractivity contribution in [3.05, 3.63) is 11.9 Å². The van der Waals surface area contributed by atoms with Gasteiger partial charge in [-0.3, -0.25) is 0 Å². The Labute approximate surface area is 159 Å². The van der Waals surface area contributed by atoms with Gasteiger partial charge in [0.2, 0.25) is 0 Å². The van der Waals surface area contributed by atoms with Crippen LogP contribution in [0.25, 0.3) is 0 Å². The molecule has 8 nitrogen and oxygen atoms in total. The molecule has 0 spiro atoms. The Morgan fingerprint density at radius 2 is 2.07 bits per heavy atom. The van der Waals surface area contributed by atoms with Crippen LogP contribution in [0, 0.1) is 17.2 Å². The number of nitriles is 1. The zero-order valence-electron chi connectivity index (χ0n) is 15.8. The molecule has 3 fully saturated rings. The fourth-order valence-corrected chi connectivity index (χ4v) is 4.17. The van der Waals surface area contributed by atoms with E-state index in [-0.39, 0.29) is 12.1 Å². The predicted octanol–water partition coefficient (Wildman–Crippen LogP) is 2.34. The molecule has 0 radical (unpaired) electrons. The standard InChI is InChI=1S/C19H28N6O2/c20-14-19(6-7-19)25-13-17(22-23-25)16(12-15-4-2-1-3-5-15)21-18(26)24-8-10-27-11-9-24/h13,15-16H,1-12H2,(H,21,26)/t16-/m0/s1. The Balaban J connectivity index is 1.48. The maximum absolute atomic E-state index is 12.7. The van der Waals surface area contributed by atoms with E-state index in [0.717, 1.165) is 25.0 Å². The molecule has 1 aromatic rings. The number of hydrogen-bond donors (Lipinski definition) is 1. The maximum atomic E-state index is 12.7. The summed E-state index contributed by atoms with van der Waals surface area (Å²) >= 11 is 0. The first-order valence-corrected chi connectivity index (χ1v) is 10.2. The Hall–Kier alpha value is -2.14. The van der Waals surface area contributed by atoms with E-state index in [2.05, 4.69) is 21.7 Å². The van der Waals surface area contributed by atoms with Gasteiger partial charge in [0.25, 0.3) is 0 Å². The summed E-state index contributed by atoms with van der Waals surface area (Å²) in [4.78, 5) is 14.6. The second kappa shape index (κ2) is 7.85. The Kier molecular flexibility index (Phi) is 5.30. The van der Waals surface area contributed by atoms with Gasteiger partial charge in [-0.25, -0.2) is 9.48 Å². The highest BCUT2D eigenvalue weighted by Gasteiger charge is 2.47. The first kappa shape index (κ1) is 18.2. The number of nitrogens with one attached hydrogen (secondary N) is 1. The Morgan fingerprint density at radius 3 is 2.74 bits per heavy atom. The largest absolute Gasteiger partial charge is 0.378 e. The number of carbonyl (C=O) groups excluding carboxylic acids is 1. The summed E-state index contributed by atoms with van der Waals surface area (Å²) in [6.07, 6.45) is 10.6. The number of nitrogens with zero attached hydrogens (tertiary/aromatic N) is 5. The van der Waals surface area contributed by atoms with Crippen molar-refractivity contribution in [1.82, 2.24) is 25.2 Å². The number of urea groups is 1. The van der Waals surface area contributed by atoms with Gasteiger partial charge in [-0.05, 0) is 25.2 Å². The number of ether oxygens (including phenoxy) is 1. The van der Waals surface area contributed by atoms with Crippen molar-refractivity contribution in [3.8, 4) is 6.07 Å². The first-order valence-electron chi connectivity index (χ1n) is 10.2. The van der Waals surface area contributed by atoms with Crippen molar-refractivity contribution < 1.29 is 9.53 Å². The smallest absolute Gasteiger partial charge is 0.318 e. The number of amides is 2. The molecule has 0 unspecified atom stereocenters. The summed E-state index contributed by atoms with van der Waals surface area (Å²) in [5.74, 6) is 0.602. The molecule has 1 atom stereocenters. The molecule has 3 aliphatic rings. The van der Waals surface area contributed by atoms with Crippen LogP contribution in [0.2, 0.25) is 0 Å². The van der Waals surface area contributed by atoms with Gasteiger partial charge < -0.3 is 15.0 Å². The second-order valence-corrected chi connectivity index (χ2v) is 8.07. The van der Waals surface area contributed by atoms with E-state index < -0.39 is 5.54 Å². The number of morpholine rings is 1. The molecule has 2 aliphatic carbocycles. The van der Waals surface area contributed by atoms with Crippen molar-refractivity contribution in [2.45, 2.75) is 62.9 Å². The van der Waals surface area contributed by atoms with E-state index in [4.69, 9.17) is 4.74 Å². The molecule has 1 N–H and O–H groups in total. The van der Waals surface area contributed by atoms with Crippen molar-refractivity contribution in [2.24, 2.45) is 5.92 Å². The van der Waals surface area contributed by atoms with Gasteiger partial charge in [-0.1, -0.05) is 37.3 Å². The van der Waals surface area contributed by atoms with E-state index >= 15 is 0 Å². The normalized spacial score (nSPS) is 23.4. The molecule has 2 heterocycles. The van der Waals surface area contributed by atoms with Crippen molar-refractivity contribution in [2.75, 3.05) is 26.3 Å². The van der Waals surface area contributed by atoms with Gasteiger partial charge in [-0.15, -0.1) is 5.10 Å². The van der Waals surface area contributed by atoms with Crippen LogP contribution in [-0.2, 0) is 10.3 Å². The summed E-state index contributed by atoms with van der Waals surface area (Å²) in [6.45, 7) is 2.40. The van der Waals surface area contributed by atoms with Gasteiger partial charge in [0.15, 0.2) is 5.54 Å². The number of carbonyl (C=O) groups is 1. The molecule has 4 rings (SSSR count). The minimum absolute atomic E-state index is 0.0601. The van der Waals surface area contributed by atoms with E-state index in [1.165, 1.54) is 32.1 Å². The lowest BCUT2D eigenvalue weighted by Gasteiger charge is -2.30. The van der Waals surface area contributed by atoms with Crippen LogP contribution in [0.15, 0.2) is 6.20 Å². The molecule has 1 aliphatic heterocycles. The molecule has 1 aromatic heterocycles. The van der Waals surface area contributed by atoms with Crippen LogP contribution < -0.4 is 5.32 Å². The van der Waals surface area contributed by atoms with Crippen LogP contribution in [0.3, 0.4) is 0 Å². The monoisotopic (exact) mass is 372 g/mol. The minimum atomic E-state index is -0.519. The van der Waals surface area contributed by atoms with Crippen LogP contribution >= 0.6 is 0 Å². The maximum Gasteiger partial charge on any atom is 0.318 e. The molecular weight excluding hydrogens is 344 g/mol.